The van der Waals surface area contributed by atoms with Gasteiger partial charge in [-0.15, -0.1) is 0 Å². The molecule has 1 fully saturated rings. The Kier molecular flexibility index (Phi) is 7.09. The summed E-state index contributed by atoms with van der Waals surface area (Å²) < 4.78 is 39.3. The van der Waals surface area contributed by atoms with Crippen molar-refractivity contribution in [1.82, 2.24) is 15.1 Å². The summed E-state index contributed by atoms with van der Waals surface area (Å²) in [4.78, 5) is 27.3. The zero-order valence-electron chi connectivity index (χ0n) is 19.2. The normalized spacial score (nSPS) is 14.6. The monoisotopic (exact) mass is 485 g/mol. The molecule has 0 radical (unpaired) electrons. The van der Waals surface area contributed by atoms with E-state index in [-0.39, 0.29) is 18.2 Å². The second-order valence-corrected chi connectivity index (χ2v) is 8.56. The summed E-state index contributed by atoms with van der Waals surface area (Å²) in [6, 6.07) is 14.2. The molecule has 0 aliphatic carbocycles. The van der Waals surface area contributed by atoms with E-state index in [1.54, 1.807) is 6.92 Å². The molecule has 0 bridgehead atoms. The average molecular weight is 486 g/mol. The molecule has 3 aromatic rings. The molecular formula is C25H26F3N5O2. The number of aromatic nitrogens is 2. The number of alkyl halides is 3. The van der Waals surface area contributed by atoms with Gasteiger partial charge < -0.3 is 15.5 Å². The minimum Gasteiger partial charge on any atom is -0.371 e. The van der Waals surface area contributed by atoms with Gasteiger partial charge in [0.1, 0.15) is 0 Å². The molecule has 10 heteroatoms. The highest BCUT2D eigenvalue weighted by atomic mass is 19.4. The van der Waals surface area contributed by atoms with Crippen LogP contribution in [0.1, 0.15) is 42.2 Å². The van der Waals surface area contributed by atoms with Gasteiger partial charge in [0.2, 0.25) is 5.91 Å². The minimum atomic E-state index is -4.52. The molecule has 2 heterocycles. The average Bonchev–Trinajstić information content (AvgIpc) is 3.51. The topological polar surface area (TPSA) is 79.3 Å². The first-order valence-electron chi connectivity index (χ1n) is 11.4. The number of carbonyl (C=O) groups is 2. The van der Waals surface area contributed by atoms with Gasteiger partial charge in [-0.1, -0.05) is 6.07 Å². The van der Waals surface area contributed by atoms with Crippen LogP contribution >= 0.6 is 0 Å². The van der Waals surface area contributed by atoms with E-state index in [2.05, 4.69) is 20.6 Å². The fourth-order valence-corrected chi connectivity index (χ4v) is 3.99. The van der Waals surface area contributed by atoms with Crippen molar-refractivity contribution < 1.29 is 22.8 Å². The second kappa shape index (κ2) is 10.2. The van der Waals surface area contributed by atoms with E-state index in [9.17, 15) is 22.8 Å². The summed E-state index contributed by atoms with van der Waals surface area (Å²) in [5.74, 6) is -0.602. The Morgan fingerprint density at radius 3 is 2.40 bits per heavy atom. The first-order valence-corrected chi connectivity index (χ1v) is 11.4. The Hall–Kier alpha value is -3.82. The molecule has 0 spiro atoms. The molecule has 1 aliphatic heterocycles. The molecule has 2 amide bonds. The first-order chi connectivity index (χ1) is 16.7. The molecule has 1 aromatic heterocycles. The van der Waals surface area contributed by atoms with Crippen LogP contribution in [-0.4, -0.2) is 40.7 Å². The molecule has 1 aliphatic rings. The zero-order chi connectivity index (χ0) is 25.0. The van der Waals surface area contributed by atoms with Crippen molar-refractivity contribution in [2.24, 2.45) is 0 Å². The summed E-state index contributed by atoms with van der Waals surface area (Å²) in [5, 5.41) is 9.17. The van der Waals surface area contributed by atoms with Gasteiger partial charge >= 0.3 is 6.18 Å². The van der Waals surface area contributed by atoms with Crippen molar-refractivity contribution in [3.8, 4) is 5.69 Å². The Morgan fingerprint density at radius 1 is 1.03 bits per heavy atom. The lowest BCUT2D eigenvalue weighted by Gasteiger charge is -2.19. The Labute approximate surface area is 200 Å². The fraction of sp³-hybridized carbons (Fsp3) is 0.320. The number of hydrogen-bond donors (Lipinski definition) is 2. The smallest absolute Gasteiger partial charge is 0.371 e. The maximum absolute atomic E-state index is 12.7. The van der Waals surface area contributed by atoms with Crippen LogP contribution in [0.2, 0.25) is 0 Å². The van der Waals surface area contributed by atoms with Crippen LogP contribution in [0.4, 0.5) is 24.5 Å². The molecule has 2 N–H and O–H groups in total. The third-order valence-electron chi connectivity index (χ3n) is 5.74. The molecule has 1 saturated heterocycles. The van der Waals surface area contributed by atoms with Gasteiger partial charge in [0.05, 0.1) is 5.69 Å². The van der Waals surface area contributed by atoms with Gasteiger partial charge in [0.25, 0.3) is 5.91 Å². The lowest BCUT2D eigenvalue weighted by molar-refractivity contribution is -0.141. The lowest BCUT2D eigenvalue weighted by Crippen LogP contribution is -2.35. The van der Waals surface area contributed by atoms with E-state index >= 15 is 0 Å². The number of hydrogen-bond acceptors (Lipinski definition) is 4. The van der Waals surface area contributed by atoms with Crippen molar-refractivity contribution in [3.05, 3.63) is 72.1 Å². The van der Waals surface area contributed by atoms with Crippen molar-refractivity contribution in [3.63, 3.8) is 0 Å². The van der Waals surface area contributed by atoms with E-state index in [0.717, 1.165) is 29.5 Å². The standard InChI is InChI=1S/C25H26F3N5O2/c1-17(15-23(34)30-19-5-4-6-21(16-19)32-12-2-3-13-32)29-24(35)18-7-9-20(10-8-18)33-14-11-22(31-33)25(26,27)28/h4-11,14,16-17H,2-3,12-13,15H2,1H3,(H,29,35)(H,30,34)/t17-/m1/s1. The molecule has 184 valence electrons. The van der Waals surface area contributed by atoms with Crippen LogP contribution in [0.3, 0.4) is 0 Å². The maximum Gasteiger partial charge on any atom is 0.435 e. The Bertz CT molecular complexity index is 1180. The van der Waals surface area contributed by atoms with Crippen molar-refractivity contribution in [2.75, 3.05) is 23.3 Å². The van der Waals surface area contributed by atoms with Crippen LogP contribution in [0.25, 0.3) is 5.69 Å². The fourth-order valence-electron chi connectivity index (χ4n) is 3.99. The minimum absolute atomic E-state index is 0.0886. The number of carbonyl (C=O) groups excluding carboxylic acids is 2. The molecule has 4 rings (SSSR count). The van der Waals surface area contributed by atoms with Gasteiger partial charge in [-0.2, -0.15) is 18.3 Å². The largest absolute Gasteiger partial charge is 0.435 e. The third kappa shape index (κ3) is 6.20. The molecule has 0 saturated carbocycles. The predicted octanol–water partition coefficient (Wildman–Crippen LogP) is 4.64. The van der Waals surface area contributed by atoms with Crippen LogP contribution in [0, 0.1) is 0 Å². The zero-order valence-corrected chi connectivity index (χ0v) is 19.2. The number of amides is 2. The van der Waals surface area contributed by atoms with Gasteiger partial charge in [0.15, 0.2) is 5.69 Å². The molecule has 7 nitrogen and oxygen atoms in total. The molecule has 1 atom stereocenters. The quantitative estimate of drug-likeness (QED) is 0.511. The van der Waals surface area contributed by atoms with Crippen LogP contribution in [0.15, 0.2) is 60.8 Å². The van der Waals surface area contributed by atoms with Crippen molar-refractivity contribution >= 4 is 23.2 Å². The van der Waals surface area contributed by atoms with E-state index < -0.39 is 17.9 Å². The highest BCUT2D eigenvalue weighted by Crippen LogP contribution is 2.28. The lowest BCUT2D eigenvalue weighted by atomic mass is 10.1. The Balaban J connectivity index is 1.30. The number of rotatable bonds is 7. The highest BCUT2D eigenvalue weighted by molar-refractivity contribution is 5.96. The molecule has 2 aromatic carbocycles. The number of anilines is 2. The number of benzene rings is 2. The SMILES string of the molecule is C[C@H](CC(=O)Nc1cccc(N2CCCC2)c1)NC(=O)c1ccc(-n2ccc(C(F)(F)F)n2)cc1. The molecule has 0 unspecified atom stereocenters. The van der Waals surface area contributed by atoms with Crippen LogP contribution in [0.5, 0.6) is 0 Å². The van der Waals surface area contributed by atoms with E-state index in [4.69, 9.17) is 0 Å². The molecular weight excluding hydrogens is 459 g/mol. The third-order valence-corrected chi connectivity index (χ3v) is 5.74. The summed E-state index contributed by atoms with van der Waals surface area (Å²) in [5.41, 5.74) is 1.51. The van der Waals surface area contributed by atoms with Gasteiger partial charge in [-0.3, -0.25) is 9.59 Å². The number of nitrogens with zero attached hydrogens (tertiary/aromatic N) is 3. The van der Waals surface area contributed by atoms with Gasteiger partial charge in [-0.25, -0.2) is 4.68 Å². The maximum atomic E-state index is 12.7. The number of nitrogens with one attached hydrogen (secondary N) is 2. The van der Waals surface area contributed by atoms with Gasteiger partial charge in [-0.05, 0) is 68.3 Å². The van der Waals surface area contributed by atoms with E-state index in [1.807, 2.05) is 24.3 Å². The van der Waals surface area contributed by atoms with Crippen LogP contribution in [-0.2, 0) is 11.0 Å². The van der Waals surface area contributed by atoms with Gasteiger partial charge in [0, 0.05) is 48.7 Å². The Morgan fingerprint density at radius 2 is 1.74 bits per heavy atom. The van der Waals surface area contributed by atoms with Crippen molar-refractivity contribution in [1.29, 1.82) is 0 Å². The van der Waals surface area contributed by atoms with E-state index in [0.29, 0.717) is 16.9 Å². The summed E-state index contributed by atoms with van der Waals surface area (Å²) in [6.45, 7) is 3.75. The summed E-state index contributed by atoms with van der Waals surface area (Å²) >= 11 is 0. The first kappa shape index (κ1) is 24.3. The predicted molar refractivity (Wildman–Crippen MR) is 127 cm³/mol. The highest BCUT2D eigenvalue weighted by Gasteiger charge is 2.33. The summed E-state index contributed by atoms with van der Waals surface area (Å²) in [7, 11) is 0. The van der Waals surface area contributed by atoms with E-state index in [1.165, 1.54) is 43.3 Å². The summed E-state index contributed by atoms with van der Waals surface area (Å²) in [6.07, 6.45) is -0.896. The second-order valence-electron chi connectivity index (χ2n) is 8.56. The van der Waals surface area contributed by atoms with Crippen molar-refractivity contribution in [2.45, 2.75) is 38.4 Å². The van der Waals surface area contributed by atoms with Crippen LogP contribution < -0.4 is 15.5 Å². The number of halogens is 3. The molecule has 35 heavy (non-hydrogen) atoms.